The molecule has 1 unspecified atom stereocenters. The Hall–Kier alpha value is -1.44. The molecule has 0 aliphatic rings. The Morgan fingerprint density at radius 2 is 2.00 bits per heavy atom. The lowest BCUT2D eigenvalue weighted by Crippen LogP contribution is -2.02. The topological polar surface area (TPSA) is 18.5 Å². The summed E-state index contributed by atoms with van der Waals surface area (Å²) in [5.74, 6) is 2.59. The van der Waals surface area contributed by atoms with Crippen LogP contribution in [0.2, 0.25) is 0 Å². The van der Waals surface area contributed by atoms with Crippen LogP contribution in [-0.2, 0) is 4.74 Å². The van der Waals surface area contributed by atoms with Crippen molar-refractivity contribution >= 4 is 5.76 Å². The molecular weight excluding hydrogens is 260 g/mol. The number of methoxy groups -OCH3 is 1. The fourth-order valence-electron chi connectivity index (χ4n) is 2.19. The largest absolute Gasteiger partial charge is 0.496 e. The third-order valence-electron chi connectivity index (χ3n) is 3.63. The molecule has 2 radical (unpaired) electrons. The molecule has 2 heteroatoms. The van der Waals surface area contributed by atoms with Gasteiger partial charge in [0.15, 0.2) is 0 Å². The lowest BCUT2D eigenvalue weighted by molar-refractivity contribution is 0.243. The highest BCUT2D eigenvalue weighted by Crippen LogP contribution is 2.20. The van der Waals surface area contributed by atoms with E-state index in [0.717, 1.165) is 17.9 Å². The molecule has 116 valence electrons. The van der Waals surface area contributed by atoms with Gasteiger partial charge in [-0.25, -0.2) is 0 Å². The van der Waals surface area contributed by atoms with Crippen LogP contribution < -0.4 is 4.74 Å². The van der Waals surface area contributed by atoms with E-state index >= 15 is 0 Å². The first-order chi connectivity index (χ1) is 10.0. The van der Waals surface area contributed by atoms with Crippen LogP contribution in [-0.4, -0.2) is 13.7 Å². The predicted octanol–water partition coefficient (Wildman–Crippen LogP) is 5.14. The third kappa shape index (κ3) is 7.22. The van der Waals surface area contributed by atoms with Crippen LogP contribution >= 0.6 is 0 Å². The highest BCUT2D eigenvalue weighted by atomic mass is 16.5. The van der Waals surface area contributed by atoms with Crippen LogP contribution in [0.25, 0.3) is 5.76 Å². The summed E-state index contributed by atoms with van der Waals surface area (Å²) in [5, 5.41) is 0. The first kappa shape index (κ1) is 17.6. The van der Waals surface area contributed by atoms with Gasteiger partial charge in [0.05, 0.1) is 13.7 Å². The zero-order chi connectivity index (χ0) is 15.7. The van der Waals surface area contributed by atoms with Crippen molar-refractivity contribution in [1.82, 2.24) is 0 Å². The van der Waals surface area contributed by atoms with Crippen molar-refractivity contribution in [3.05, 3.63) is 36.4 Å². The zero-order valence-corrected chi connectivity index (χ0v) is 13.8. The summed E-state index contributed by atoms with van der Waals surface area (Å²) >= 11 is 0. The Morgan fingerprint density at radius 1 is 1.24 bits per heavy atom. The van der Waals surface area contributed by atoms with Crippen molar-refractivity contribution in [2.24, 2.45) is 11.8 Å². The van der Waals surface area contributed by atoms with Crippen LogP contribution in [0.1, 0.15) is 52.0 Å². The summed E-state index contributed by atoms with van der Waals surface area (Å²) in [6.45, 7) is 13.5. The van der Waals surface area contributed by atoms with Gasteiger partial charge >= 0.3 is 0 Å². The maximum absolute atomic E-state index is 5.97. The van der Waals surface area contributed by atoms with E-state index in [0.29, 0.717) is 24.0 Å². The minimum atomic E-state index is 0.455. The normalized spacial score (nSPS) is 12.2. The van der Waals surface area contributed by atoms with Gasteiger partial charge in [0.2, 0.25) is 0 Å². The van der Waals surface area contributed by atoms with Gasteiger partial charge in [-0.2, -0.15) is 0 Å². The van der Waals surface area contributed by atoms with E-state index in [-0.39, 0.29) is 0 Å². The number of hydrogen-bond acceptors (Lipinski definition) is 2. The summed E-state index contributed by atoms with van der Waals surface area (Å²) in [7, 11) is 1.62. The van der Waals surface area contributed by atoms with E-state index < -0.39 is 0 Å². The van der Waals surface area contributed by atoms with Gasteiger partial charge in [0.1, 0.15) is 11.5 Å². The second-order valence-corrected chi connectivity index (χ2v) is 6.08. The summed E-state index contributed by atoms with van der Waals surface area (Å²) < 4.78 is 10.8. The van der Waals surface area contributed by atoms with Gasteiger partial charge in [0.25, 0.3) is 0 Å². The van der Waals surface area contributed by atoms with Gasteiger partial charge in [-0.05, 0) is 37.0 Å². The smallest absolute Gasteiger partial charge is 0.127 e. The average Bonchev–Trinajstić information content (AvgIpc) is 2.46. The van der Waals surface area contributed by atoms with E-state index in [1.54, 1.807) is 13.2 Å². The minimum Gasteiger partial charge on any atom is -0.496 e. The molecule has 1 aromatic rings. The van der Waals surface area contributed by atoms with Crippen LogP contribution in [0.4, 0.5) is 0 Å². The first-order valence-corrected chi connectivity index (χ1v) is 7.84. The Morgan fingerprint density at radius 3 is 2.67 bits per heavy atom. The molecular formula is C19H28O2. The lowest BCUT2D eigenvalue weighted by Gasteiger charge is -2.14. The van der Waals surface area contributed by atoms with Crippen molar-refractivity contribution < 1.29 is 9.47 Å². The molecule has 0 N–H and O–H groups in total. The number of rotatable bonds is 10. The Balaban J connectivity index is 2.26. The monoisotopic (exact) mass is 288 g/mol. The molecule has 1 atom stereocenters. The third-order valence-corrected chi connectivity index (χ3v) is 3.63. The molecule has 0 fully saturated rings. The number of ether oxygens (including phenoxy) is 2. The fraction of sp³-hybridized carbons (Fsp3) is 0.579. The van der Waals surface area contributed by atoms with Gasteiger partial charge in [-0.1, -0.05) is 46.1 Å². The quantitative estimate of drug-likeness (QED) is 0.555. The van der Waals surface area contributed by atoms with Crippen LogP contribution in [0.15, 0.2) is 18.2 Å². The van der Waals surface area contributed by atoms with Gasteiger partial charge in [0, 0.05) is 11.6 Å². The molecule has 1 aromatic carbocycles. The maximum Gasteiger partial charge on any atom is 0.127 e. The summed E-state index contributed by atoms with van der Waals surface area (Å²) in [5.41, 5.74) is 0.845. The van der Waals surface area contributed by atoms with Gasteiger partial charge < -0.3 is 9.47 Å². The van der Waals surface area contributed by atoms with E-state index in [2.05, 4.69) is 26.8 Å². The van der Waals surface area contributed by atoms with E-state index in [1.807, 2.05) is 12.1 Å². The van der Waals surface area contributed by atoms with Crippen molar-refractivity contribution in [1.29, 1.82) is 0 Å². The maximum atomic E-state index is 5.97. The summed E-state index contributed by atoms with van der Waals surface area (Å²) in [6, 6.07) is 8.48. The molecule has 0 spiro atoms. The fourth-order valence-corrected chi connectivity index (χ4v) is 2.19. The van der Waals surface area contributed by atoms with Crippen LogP contribution in [0, 0.1) is 24.5 Å². The number of benzene rings is 1. The second-order valence-electron chi connectivity index (χ2n) is 6.08. The molecule has 2 nitrogen and oxygen atoms in total. The van der Waals surface area contributed by atoms with Crippen molar-refractivity contribution in [3.8, 4) is 5.75 Å². The molecule has 0 saturated carbocycles. The molecule has 0 amide bonds. The lowest BCUT2D eigenvalue weighted by atomic mass is 9.98. The van der Waals surface area contributed by atoms with Crippen molar-refractivity contribution in [2.45, 2.75) is 46.5 Å². The van der Waals surface area contributed by atoms with E-state index in [9.17, 15) is 0 Å². The van der Waals surface area contributed by atoms with Crippen molar-refractivity contribution in [2.75, 3.05) is 13.7 Å². The van der Waals surface area contributed by atoms with Crippen molar-refractivity contribution in [3.63, 3.8) is 0 Å². The average molecular weight is 288 g/mol. The zero-order valence-electron chi connectivity index (χ0n) is 13.8. The first-order valence-electron chi connectivity index (χ1n) is 7.84. The predicted molar refractivity (Wildman–Crippen MR) is 88.0 cm³/mol. The molecule has 1 rings (SSSR count). The molecule has 21 heavy (non-hydrogen) atoms. The molecule has 0 aliphatic carbocycles. The summed E-state index contributed by atoms with van der Waals surface area (Å²) in [4.78, 5) is 0. The Labute approximate surface area is 130 Å². The van der Waals surface area contributed by atoms with Crippen LogP contribution in [0.3, 0.4) is 0 Å². The SMILES string of the molecule is [CH]=C(OCCC(C)CCCC(C)C)c1cc[c]c(OC)c1. The van der Waals surface area contributed by atoms with E-state index in [1.165, 1.54) is 19.3 Å². The number of hydrogen-bond donors (Lipinski definition) is 0. The Kier molecular flexibility index (Phi) is 7.96. The molecule has 0 heterocycles. The van der Waals surface area contributed by atoms with Gasteiger partial charge in [-0.15, -0.1) is 0 Å². The Bertz CT molecular complexity index is 423. The molecule has 0 aromatic heterocycles. The summed E-state index contributed by atoms with van der Waals surface area (Å²) in [6.07, 6.45) is 4.90. The highest BCUT2D eigenvalue weighted by molar-refractivity contribution is 5.57. The second kappa shape index (κ2) is 9.49. The van der Waals surface area contributed by atoms with E-state index in [4.69, 9.17) is 16.1 Å². The molecule has 0 aliphatic heterocycles. The minimum absolute atomic E-state index is 0.455. The highest BCUT2D eigenvalue weighted by Gasteiger charge is 2.06. The molecule has 0 saturated heterocycles. The van der Waals surface area contributed by atoms with Gasteiger partial charge in [-0.3, -0.25) is 0 Å². The molecule has 0 bridgehead atoms. The standard InChI is InChI=1S/C19H28O2/c1-15(2)8-6-9-16(3)12-13-21-17(4)18-10-7-11-19(14-18)20-5/h4,7,10,14-16H,6,8-9,12-13H2,1-3,5H3. The van der Waals surface area contributed by atoms with Crippen LogP contribution in [0.5, 0.6) is 5.75 Å².